The van der Waals surface area contributed by atoms with Crippen LogP contribution < -0.4 is 10.6 Å². The van der Waals surface area contributed by atoms with Gasteiger partial charge in [0, 0.05) is 10.6 Å². The van der Waals surface area contributed by atoms with Crippen LogP contribution in [0.25, 0.3) is 28.9 Å². The third-order valence-electron chi connectivity index (χ3n) is 4.04. The molecule has 0 unspecified atom stereocenters. The highest BCUT2D eigenvalue weighted by Crippen LogP contribution is 2.16. The maximum absolute atomic E-state index is 10.5. The maximum atomic E-state index is 10.5. The zero-order chi connectivity index (χ0) is 16.6. The standard InChI is InChI=1S/C21H20O2/c1-13-5-8-17(9-6-13)15(3)12-19(22)21-16(4)18-11-14(2)7-10-20(18)23-21/h5-12,22H,4H2,1-3H3/b15-12+,21-19-. The average Bonchev–Trinajstić information content (AvgIpc) is 2.85. The summed E-state index contributed by atoms with van der Waals surface area (Å²) < 4.78 is 5.78. The third-order valence-corrected chi connectivity index (χ3v) is 4.04. The highest BCUT2D eigenvalue weighted by molar-refractivity contribution is 5.80. The van der Waals surface area contributed by atoms with Crippen molar-refractivity contribution in [2.24, 2.45) is 0 Å². The Hall–Kier alpha value is -2.74. The van der Waals surface area contributed by atoms with Gasteiger partial charge in [-0.3, -0.25) is 0 Å². The van der Waals surface area contributed by atoms with E-state index in [4.69, 9.17) is 4.42 Å². The number of aryl methyl sites for hydroxylation is 2. The molecule has 2 aromatic carbocycles. The molecule has 0 fully saturated rings. The van der Waals surface area contributed by atoms with Gasteiger partial charge in [0.15, 0.2) is 11.2 Å². The lowest BCUT2D eigenvalue weighted by Crippen LogP contribution is -2.21. The molecular formula is C21H20O2. The van der Waals surface area contributed by atoms with Crippen molar-refractivity contribution in [2.75, 3.05) is 0 Å². The SMILES string of the molecule is C=c1/c(=C(O)\C=C(/C)c2ccc(C)cc2)oc2ccc(C)cc12. The number of aliphatic hydroxyl groups excluding tert-OH is 1. The summed E-state index contributed by atoms with van der Waals surface area (Å²) >= 11 is 0. The topological polar surface area (TPSA) is 33.4 Å². The summed E-state index contributed by atoms with van der Waals surface area (Å²) in [6, 6.07) is 14.1. The van der Waals surface area contributed by atoms with E-state index in [9.17, 15) is 5.11 Å². The van der Waals surface area contributed by atoms with Gasteiger partial charge in [-0.2, -0.15) is 0 Å². The van der Waals surface area contributed by atoms with E-state index in [0.717, 1.165) is 27.7 Å². The van der Waals surface area contributed by atoms with Crippen molar-refractivity contribution in [1.82, 2.24) is 0 Å². The fourth-order valence-corrected chi connectivity index (χ4v) is 2.64. The van der Waals surface area contributed by atoms with Crippen LogP contribution in [-0.2, 0) is 0 Å². The molecule has 0 atom stereocenters. The highest BCUT2D eigenvalue weighted by Gasteiger charge is 2.06. The van der Waals surface area contributed by atoms with E-state index < -0.39 is 0 Å². The van der Waals surface area contributed by atoms with Crippen LogP contribution in [0.5, 0.6) is 0 Å². The minimum atomic E-state index is 0.0990. The molecule has 0 aliphatic heterocycles. The summed E-state index contributed by atoms with van der Waals surface area (Å²) in [4.78, 5) is 0. The molecule has 0 saturated heterocycles. The normalized spacial score (nSPS) is 13.4. The molecule has 3 rings (SSSR count). The first-order valence-corrected chi connectivity index (χ1v) is 7.62. The Morgan fingerprint density at radius 1 is 1.04 bits per heavy atom. The number of rotatable bonds is 2. The molecule has 0 radical (unpaired) electrons. The molecule has 2 heteroatoms. The Morgan fingerprint density at radius 3 is 2.39 bits per heavy atom. The summed E-state index contributed by atoms with van der Waals surface area (Å²) in [7, 11) is 0. The molecule has 2 nitrogen and oxygen atoms in total. The average molecular weight is 304 g/mol. The van der Waals surface area contributed by atoms with Crippen LogP contribution >= 0.6 is 0 Å². The van der Waals surface area contributed by atoms with E-state index in [2.05, 4.69) is 25.6 Å². The number of benzene rings is 2. The zero-order valence-corrected chi connectivity index (χ0v) is 13.7. The molecule has 116 valence electrons. The first kappa shape index (κ1) is 15.2. The zero-order valence-electron chi connectivity index (χ0n) is 13.7. The lowest BCUT2D eigenvalue weighted by atomic mass is 10.1. The van der Waals surface area contributed by atoms with Gasteiger partial charge in [-0.25, -0.2) is 0 Å². The van der Waals surface area contributed by atoms with Crippen molar-refractivity contribution in [1.29, 1.82) is 0 Å². The van der Waals surface area contributed by atoms with Crippen LogP contribution in [0.4, 0.5) is 0 Å². The van der Waals surface area contributed by atoms with Crippen molar-refractivity contribution in [2.45, 2.75) is 20.8 Å². The highest BCUT2D eigenvalue weighted by atomic mass is 16.3. The molecule has 0 aliphatic rings. The van der Waals surface area contributed by atoms with E-state index in [-0.39, 0.29) is 5.76 Å². The second-order valence-electron chi connectivity index (χ2n) is 5.99. The van der Waals surface area contributed by atoms with Crippen molar-refractivity contribution in [3.05, 3.63) is 75.9 Å². The van der Waals surface area contributed by atoms with Crippen molar-refractivity contribution in [3.8, 4) is 0 Å². The van der Waals surface area contributed by atoms with Gasteiger partial charge in [-0.15, -0.1) is 0 Å². The van der Waals surface area contributed by atoms with E-state index >= 15 is 0 Å². The molecular weight excluding hydrogens is 284 g/mol. The number of hydrogen-bond acceptors (Lipinski definition) is 2. The number of furan rings is 1. The summed E-state index contributed by atoms with van der Waals surface area (Å²) in [5.74, 6) is 0.0990. The van der Waals surface area contributed by atoms with E-state index in [1.54, 1.807) is 6.08 Å². The smallest absolute Gasteiger partial charge is 0.176 e. The van der Waals surface area contributed by atoms with Crippen molar-refractivity contribution in [3.63, 3.8) is 0 Å². The van der Waals surface area contributed by atoms with Crippen LogP contribution in [0.15, 0.2) is 53.0 Å². The predicted molar refractivity (Wildman–Crippen MR) is 96.6 cm³/mol. The monoisotopic (exact) mass is 304 g/mol. The minimum absolute atomic E-state index is 0.0990. The molecule has 1 aromatic heterocycles. The quantitative estimate of drug-likeness (QED) is 0.768. The Labute approximate surface area is 135 Å². The van der Waals surface area contributed by atoms with Crippen LogP contribution in [0, 0.1) is 13.8 Å². The van der Waals surface area contributed by atoms with Crippen molar-refractivity contribution < 1.29 is 9.52 Å². The van der Waals surface area contributed by atoms with Gasteiger partial charge < -0.3 is 9.52 Å². The van der Waals surface area contributed by atoms with Gasteiger partial charge in [-0.1, -0.05) is 48.0 Å². The fraction of sp³-hybridized carbons (Fsp3) is 0.143. The molecule has 0 aliphatic carbocycles. The second-order valence-corrected chi connectivity index (χ2v) is 5.99. The van der Waals surface area contributed by atoms with Gasteiger partial charge in [0.1, 0.15) is 5.58 Å². The van der Waals surface area contributed by atoms with Gasteiger partial charge in [0.05, 0.1) is 0 Å². The van der Waals surface area contributed by atoms with Crippen LogP contribution in [0.2, 0.25) is 0 Å². The maximum Gasteiger partial charge on any atom is 0.176 e. The molecule has 23 heavy (non-hydrogen) atoms. The molecule has 1 N–H and O–H groups in total. The van der Waals surface area contributed by atoms with E-state index in [1.165, 1.54) is 5.56 Å². The van der Waals surface area contributed by atoms with E-state index in [0.29, 0.717) is 10.6 Å². The Bertz CT molecular complexity index is 1000. The number of aliphatic hydroxyl groups is 1. The summed E-state index contributed by atoms with van der Waals surface area (Å²) in [5, 5.41) is 12.1. The van der Waals surface area contributed by atoms with Gasteiger partial charge in [0.25, 0.3) is 0 Å². The number of allylic oxidation sites excluding steroid dienone is 1. The van der Waals surface area contributed by atoms with Crippen LogP contribution in [0.1, 0.15) is 23.6 Å². The van der Waals surface area contributed by atoms with Crippen LogP contribution in [0.3, 0.4) is 0 Å². The first-order valence-electron chi connectivity index (χ1n) is 7.62. The Morgan fingerprint density at radius 2 is 1.70 bits per heavy atom. The second kappa shape index (κ2) is 5.81. The lowest BCUT2D eigenvalue weighted by molar-refractivity contribution is 0.475. The largest absolute Gasteiger partial charge is 0.504 e. The van der Waals surface area contributed by atoms with E-state index in [1.807, 2.05) is 44.2 Å². The van der Waals surface area contributed by atoms with Gasteiger partial charge in [0.2, 0.25) is 0 Å². The predicted octanol–water partition coefficient (Wildman–Crippen LogP) is 4.23. The molecule has 0 spiro atoms. The Kier molecular flexibility index (Phi) is 3.83. The van der Waals surface area contributed by atoms with Gasteiger partial charge >= 0.3 is 0 Å². The first-order chi connectivity index (χ1) is 11.0. The summed E-state index contributed by atoms with van der Waals surface area (Å²) in [6.07, 6.45) is 1.73. The summed E-state index contributed by atoms with van der Waals surface area (Å²) in [5.41, 5.74) is 5.56. The molecule has 0 bridgehead atoms. The minimum Gasteiger partial charge on any atom is -0.504 e. The lowest BCUT2D eigenvalue weighted by Gasteiger charge is -2.01. The molecule has 1 heterocycles. The number of hydrogen-bond donors (Lipinski definition) is 1. The summed E-state index contributed by atoms with van der Waals surface area (Å²) in [6.45, 7) is 10.1. The number of fused-ring (bicyclic) bond motifs is 1. The Balaban J connectivity index is 2.14. The molecule has 0 saturated carbocycles. The molecule has 3 aromatic rings. The van der Waals surface area contributed by atoms with Gasteiger partial charge in [-0.05, 0) is 50.1 Å². The fourth-order valence-electron chi connectivity index (χ4n) is 2.64. The third kappa shape index (κ3) is 2.93. The van der Waals surface area contributed by atoms with Crippen LogP contribution in [-0.4, -0.2) is 5.11 Å². The molecule has 0 amide bonds. The van der Waals surface area contributed by atoms with Crippen molar-refractivity contribution >= 4 is 28.9 Å².